The van der Waals surface area contributed by atoms with E-state index in [1.807, 2.05) is 0 Å². The van der Waals surface area contributed by atoms with Crippen LogP contribution >= 0.6 is 0 Å². The minimum absolute atomic E-state index is 0.0161. The lowest BCUT2D eigenvalue weighted by molar-refractivity contribution is -0.137. The van der Waals surface area contributed by atoms with E-state index >= 15 is 0 Å². The molecule has 33 heavy (non-hydrogen) atoms. The summed E-state index contributed by atoms with van der Waals surface area (Å²) in [6.45, 7) is 5.84. The number of rotatable bonds is 9. The molecule has 0 unspecified atom stereocenters. The van der Waals surface area contributed by atoms with Crippen LogP contribution in [0, 0.1) is 23.7 Å². The van der Waals surface area contributed by atoms with Gasteiger partial charge in [-0.05, 0) is 55.3 Å². The number of terminal acetylenes is 1. The topological polar surface area (TPSA) is 71.3 Å². The van der Waals surface area contributed by atoms with Crippen LogP contribution in [0.4, 0.5) is 18.9 Å². The van der Waals surface area contributed by atoms with Gasteiger partial charge in [-0.2, -0.15) is 18.4 Å². The number of ether oxygens (including phenoxy) is 2. The van der Waals surface area contributed by atoms with Crippen LogP contribution in [-0.2, 0) is 17.4 Å². The van der Waals surface area contributed by atoms with E-state index in [9.17, 15) is 23.2 Å². The second kappa shape index (κ2) is 11.4. The molecule has 1 N–H and O–H groups in total. The van der Waals surface area contributed by atoms with Crippen LogP contribution in [0.1, 0.15) is 23.6 Å². The highest BCUT2D eigenvalue weighted by Gasteiger charge is 2.30. The Kier molecular flexibility index (Phi) is 8.71. The number of amides is 1. The van der Waals surface area contributed by atoms with E-state index in [0.717, 1.165) is 12.1 Å². The average molecular weight is 454 g/mol. The van der Waals surface area contributed by atoms with Crippen LogP contribution in [0.3, 0.4) is 0 Å². The lowest BCUT2D eigenvalue weighted by Gasteiger charge is -2.15. The summed E-state index contributed by atoms with van der Waals surface area (Å²) in [5.41, 5.74) is -0.180. The predicted octanol–water partition coefficient (Wildman–Crippen LogP) is 5.39. The van der Waals surface area contributed by atoms with Crippen molar-refractivity contribution in [2.75, 3.05) is 18.5 Å². The van der Waals surface area contributed by atoms with Gasteiger partial charge < -0.3 is 14.8 Å². The summed E-state index contributed by atoms with van der Waals surface area (Å²) in [6, 6.07) is 9.18. The van der Waals surface area contributed by atoms with Gasteiger partial charge in [0.25, 0.3) is 5.91 Å². The molecule has 2 aromatic rings. The van der Waals surface area contributed by atoms with E-state index in [1.54, 1.807) is 31.2 Å². The Labute approximate surface area is 190 Å². The number of carbonyl (C=O) groups excluding carboxylic acids is 1. The number of anilines is 1. The van der Waals surface area contributed by atoms with Gasteiger partial charge in [0.2, 0.25) is 0 Å². The number of halogens is 3. The van der Waals surface area contributed by atoms with Gasteiger partial charge in [0.05, 0.1) is 12.2 Å². The summed E-state index contributed by atoms with van der Waals surface area (Å²) >= 11 is 0. The fourth-order valence-corrected chi connectivity index (χ4v) is 2.90. The molecule has 0 atom stereocenters. The Balaban J connectivity index is 2.42. The maximum absolute atomic E-state index is 12.9. The smallest absolute Gasteiger partial charge is 0.416 e. The van der Waals surface area contributed by atoms with E-state index in [0.29, 0.717) is 35.7 Å². The van der Waals surface area contributed by atoms with Gasteiger partial charge in [0.15, 0.2) is 11.5 Å². The van der Waals surface area contributed by atoms with Crippen LogP contribution in [0.15, 0.2) is 54.6 Å². The number of hydrogen-bond donors (Lipinski definition) is 1. The predicted molar refractivity (Wildman–Crippen MR) is 120 cm³/mol. The first-order valence-corrected chi connectivity index (χ1v) is 9.80. The Hall–Kier alpha value is -4.17. The summed E-state index contributed by atoms with van der Waals surface area (Å²) < 4.78 is 50.0. The fraction of sp³-hybridized carbons (Fsp3) is 0.200. The van der Waals surface area contributed by atoms with Crippen molar-refractivity contribution in [2.45, 2.75) is 19.5 Å². The van der Waals surface area contributed by atoms with E-state index < -0.39 is 17.6 Å². The third kappa shape index (κ3) is 6.91. The number of alkyl halides is 3. The first kappa shape index (κ1) is 25.1. The molecule has 0 spiro atoms. The number of nitriles is 1. The van der Waals surface area contributed by atoms with Gasteiger partial charge in [-0.1, -0.05) is 18.1 Å². The minimum Gasteiger partial charge on any atom is -0.490 e. The van der Waals surface area contributed by atoms with Crippen molar-refractivity contribution in [3.05, 3.63) is 71.3 Å². The van der Waals surface area contributed by atoms with Crippen molar-refractivity contribution in [2.24, 2.45) is 0 Å². The third-order valence-electron chi connectivity index (χ3n) is 4.24. The van der Waals surface area contributed by atoms with Crippen LogP contribution in [0.5, 0.6) is 11.5 Å². The zero-order valence-corrected chi connectivity index (χ0v) is 17.8. The number of benzene rings is 2. The standard InChI is InChI=1S/C25H21F3N2O3/c1-4-8-18-12-17(14-22(32-6-3)23(18)33-11-5-2)13-19(16-29)24(31)30-21-10-7-9-20(15-21)25(26,27)28/h2,4,7,9-10,12-15H,1,6,8,11H2,3H3,(H,30,31)/b19-13+. The molecule has 0 fully saturated rings. The molecule has 0 aliphatic heterocycles. The summed E-state index contributed by atoms with van der Waals surface area (Å²) in [6.07, 6.45) is 4.08. The lowest BCUT2D eigenvalue weighted by Crippen LogP contribution is -2.14. The molecular weight excluding hydrogens is 433 g/mol. The maximum atomic E-state index is 12.9. The molecule has 0 radical (unpaired) electrons. The molecule has 0 heterocycles. The molecule has 0 saturated heterocycles. The van der Waals surface area contributed by atoms with Crippen molar-refractivity contribution in [3.63, 3.8) is 0 Å². The molecule has 1 amide bonds. The SMILES string of the molecule is C#CCOc1c(CC=C)cc(/C=C(\C#N)C(=O)Nc2cccc(C(F)(F)F)c2)cc1OCC. The fourth-order valence-electron chi connectivity index (χ4n) is 2.90. The highest BCUT2D eigenvalue weighted by atomic mass is 19.4. The van der Waals surface area contributed by atoms with E-state index in [-0.39, 0.29) is 17.9 Å². The zero-order valence-electron chi connectivity index (χ0n) is 17.8. The van der Waals surface area contributed by atoms with Gasteiger partial charge in [-0.25, -0.2) is 0 Å². The molecule has 8 heteroatoms. The molecule has 170 valence electrons. The number of hydrogen-bond acceptors (Lipinski definition) is 4. The van der Waals surface area contributed by atoms with Gasteiger partial charge in [-0.15, -0.1) is 13.0 Å². The molecule has 0 saturated carbocycles. The molecule has 0 aliphatic rings. The summed E-state index contributed by atoms with van der Waals surface area (Å²) in [4.78, 5) is 12.6. The average Bonchev–Trinajstić information content (AvgIpc) is 2.77. The quantitative estimate of drug-likeness (QED) is 0.239. The number of allylic oxidation sites excluding steroid dienone is 1. The van der Waals surface area contributed by atoms with E-state index in [2.05, 4.69) is 17.8 Å². The first-order valence-electron chi connectivity index (χ1n) is 9.80. The molecule has 0 aromatic heterocycles. The summed E-state index contributed by atoms with van der Waals surface area (Å²) in [5.74, 6) is 2.33. The molecule has 0 bridgehead atoms. The number of carbonyl (C=O) groups is 1. The van der Waals surface area contributed by atoms with E-state index in [4.69, 9.17) is 15.9 Å². The van der Waals surface area contributed by atoms with Crippen molar-refractivity contribution in [1.29, 1.82) is 5.26 Å². The number of nitrogens with zero attached hydrogens (tertiary/aromatic N) is 1. The minimum atomic E-state index is -4.56. The summed E-state index contributed by atoms with van der Waals surface area (Å²) in [5, 5.41) is 11.8. The van der Waals surface area contributed by atoms with Crippen molar-refractivity contribution in [1.82, 2.24) is 0 Å². The van der Waals surface area contributed by atoms with Gasteiger partial charge in [-0.3, -0.25) is 4.79 Å². The second-order valence-electron chi connectivity index (χ2n) is 6.63. The highest BCUT2D eigenvalue weighted by Crippen LogP contribution is 2.35. The monoisotopic (exact) mass is 454 g/mol. The molecule has 2 rings (SSSR count). The third-order valence-corrected chi connectivity index (χ3v) is 4.24. The van der Waals surface area contributed by atoms with Crippen LogP contribution in [0.2, 0.25) is 0 Å². The van der Waals surface area contributed by atoms with Crippen LogP contribution in [0.25, 0.3) is 6.08 Å². The van der Waals surface area contributed by atoms with Crippen molar-refractivity contribution >= 4 is 17.7 Å². The van der Waals surface area contributed by atoms with Crippen molar-refractivity contribution < 1.29 is 27.4 Å². The Morgan fingerprint density at radius 3 is 2.64 bits per heavy atom. The van der Waals surface area contributed by atoms with E-state index in [1.165, 1.54) is 18.2 Å². The van der Waals surface area contributed by atoms with Crippen molar-refractivity contribution in [3.8, 4) is 29.9 Å². The van der Waals surface area contributed by atoms with Crippen LogP contribution in [-0.4, -0.2) is 19.1 Å². The summed E-state index contributed by atoms with van der Waals surface area (Å²) in [7, 11) is 0. The van der Waals surface area contributed by atoms with Crippen LogP contribution < -0.4 is 14.8 Å². The zero-order chi connectivity index (χ0) is 24.4. The Bertz CT molecular complexity index is 1140. The Morgan fingerprint density at radius 2 is 2.03 bits per heavy atom. The first-order chi connectivity index (χ1) is 15.7. The number of nitrogens with one attached hydrogen (secondary N) is 1. The lowest BCUT2D eigenvalue weighted by atomic mass is 10.0. The van der Waals surface area contributed by atoms with Gasteiger partial charge in [0.1, 0.15) is 18.2 Å². The normalized spacial score (nSPS) is 11.2. The van der Waals surface area contributed by atoms with Gasteiger partial charge >= 0.3 is 6.18 Å². The largest absolute Gasteiger partial charge is 0.490 e. The highest BCUT2D eigenvalue weighted by molar-refractivity contribution is 6.09. The Morgan fingerprint density at radius 1 is 1.27 bits per heavy atom. The molecule has 5 nitrogen and oxygen atoms in total. The van der Waals surface area contributed by atoms with Gasteiger partial charge in [0, 0.05) is 11.3 Å². The maximum Gasteiger partial charge on any atom is 0.416 e. The molecular formula is C25H21F3N2O3. The molecule has 2 aromatic carbocycles. The molecule has 0 aliphatic carbocycles. The second-order valence-corrected chi connectivity index (χ2v) is 6.63.